The number of ether oxygens (including phenoxy) is 2. The molecule has 29 heavy (non-hydrogen) atoms. The minimum Gasteiger partial charge on any atom is -0.497 e. The highest BCUT2D eigenvalue weighted by molar-refractivity contribution is 6.43. The normalized spacial score (nSPS) is 11.4. The molecule has 0 fully saturated rings. The Morgan fingerprint density at radius 2 is 1.66 bits per heavy atom. The van der Waals surface area contributed by atoms with Crippen LogP contribution in [0.1, 0.15) is 22.0 Å². The van der Waals surface area contributed by atoms with Gasteiger partial charge in [0.05, 0.1) is 22.7 Å². The lowest BCUT2D eigenvalue weighted by Gasteiger charge is -2.19. The van der Waals surface area contributed by atoms with E-state index in [9.17, 15) is 9.59 Å². The Kier molecular flexibility index (Phi) is 6.75. The first kappa shape index (κ1) is 20.7. The number of hydrogen-bond donors (Lipinski definition) is 1. The second-order valence-electron chi connectivity index (χ2n) is 6.02. The summed E-state index contributed by atoms with van der Waals surface area (Å²) in [5.74, 6) is -0.690. The molecule has 0 unspecified atom stereocenters. The molecular weight excluding hydrogens is 413 g/mol. The standard InChI is InChI=1S/C22H17Cl2NO4/c1-28-16-10-5-9-15(13-16)25-21(26)20(14-7-3-2-4-8-14)29-22(27)17-11-6-12-18(23)19(17)24/h2-13,20H,1H3,(H,25,26)/t20-/m0/s1. The number of esters is 1. The number of rotatable bonds is 6. The summed E-state index contributed by atoms with van der Waals surface area (Å²) in [6.45, 7) is 0. The number of nitrogens with one attached hydrogen (secondary N) is 1. The van der Waals surface area contributed by atoms with Gasteiger partial charge in [-0.1, -0.05) is 65.7 Å². The minimum atomic E-state index is -1.19. The number of methoxy groups -OCH3 is 1. The summed E-state index contributed by atoms with van der Waals surface area (Å²) < 4.78 is 10.7. The van der Waals surface area contributed by atoms with Gasteiger partial charge in [-0.05, 0) is 24.3 Å². The van der Waals surface area contributed by atoms with E-state index in [1.165, 1.54) is 13.2 Å². The quantitative estimate of drug-likeness (QED) is 0.522. The van der Waals surface area contributed by atoms with Crippen molar-refractivity contribution in [3.05, 3.63) is 94.0 Å². The van der Waals surface area contributed by atoms with Crippen LogP contribution in [-0.2, 0) is 9.53 Å². The Morgan fingerprint density at radius 3 is 2.38 bits per heavy atom. The molecule has 1 atom stereocenters. The highest BCUT2D eigenvalue weighted by Gasteiger charge is 2.27. The van der Waals surface area contributed by atoms with Crippen molar-refractivity contribution in [2.24, 2.45) is 0 Å². The lowest BCUT2D eigenvalue weighted by atomic mass is 10.1. The number of halogens is 2. The van der Waals surface area contributed by atoms with Crippen LogP contribution in [0.15, 0.2) is 72.8 Å². The summed E-state index contributed by atoms with van der Waals surface area (Å²) in [6.07, 6.45) is -1.19. The maximum atomic E-state index is 12.9. The molecule has 0 aliphatic rings. The first-order valence-electron chi connectivity index (χ1n) is 8.64. The van der Waals surface area contributed by atoms with Gasteiger partial charge in [-0.3, -0.25) is 4.79 Å². The number of carbonyl (C=O) groups excluding carboxylic acids is 2. The zero-order valence-corrected chi connectivity index (χ0v) is 16.9. The van der Waals surface area contributed by atoms with Crippen LogP contribution in [0.2, 0.25) is 10.0 Å². The molecule has 3 aromatic carbocycles. The Hall–Kier alpha value is -3.02. The van der Waals surface area contributed by atoms with Crippen LogP contribution in [0.5, 0.6) is 5.75 Å². The molecule has 3 rings (SSSR count). The maximum absolute atomic E-state index is 12.9. The fourth-order valence-corrected chi connectivity index (χ4v) is 3.02. The molecule has 0 spiro atoms. The molecule has 3 aromatic rings. The van der Waals surface area contributed by atoms with Crippen molar-refractivity contribution in [1.29, 1.82) is 0 Å². The van der Waals surface area contributed by atoms with Gasteiger partial charge in [0, 0.05) is 17.3 Å². The number of carbonyl (C=O) groups is 2. The van der Waals surface area contributed by atoms with Gasteiger partial charge < -0.3 is 14.8 Å². The fraction of sp³-hybridized carbons (Fsp3) is 0.0909. The Bertz CT molecular complexity index is 1020. The molecule has 7 heteroatoms. The Balaban J connectivity index is 1.87. The summed E-state index contributed by atoms with van der Waals surface area (Å²) in [7, 11) is 1.53. The van der Waals surface area contributed by atoms with E-state index in [-0.39, 0.29) is 15.6 Å². The van der Waals surface area contributed by atoms with Crippen LogP contribution in [0, 0.1) is 0 Å². The zero-order chi connectivity index (χ0) is 20.8. The summed E-state index contributed by atoms with van der Waals surface area (Å²) in [6, 6.07) is 20.2. The SMILES string of the molecule is COc1cccc(NC(=O)[C@@H](OC(=O)c2cccc(Cl)c2Cl)c2ccccc2)c1. The third kappa shape index (κ3) is 5.08. The van der Waals surface area contributed by atoms with E-state index in [1.807, 2.05) is 0 Å². The molecule has 0 saturated carbocycles. The summed E-state index contributed by atoms with van der Waals surface area (Å²) in [5.41, 5.74) is 1.10. The van der Waals surface area contributed by atoms with Crippen LogP contribution in [-0.4, -0.2) is 19.0 Å². The largest absolute Gasteiger partial charge is 0.497 e. The van der Waals surface area contributed by atoms with Gasteiger partial charge >= 0.3 is 5.97 Å². The predicted octanol–water partition coefficient (Wildman–Crippen LogP) is 5.54. The molecule has 0 aliphatic heterocycles. The topological polar surface area (TPSA) is 64.6 Å². The van der Waals surface area contributed by atoms with Crippen molar-refractivity contribution >= 4 is 40.8 Å². The monoisotopic (exact) mass is 429 g/mol. The predicted molar refractivity (Wildman–Crippen MR) is 113 cm³/mol. The van der Waals surface area contributed by atoms with Gasteiger partial charge in [0.25, 0.3) is 5.91 Å². The maximum Gasteiger partial charge on any atom is 0.340 e. The van der Waals surface area contributed by atoms with Gasteiger partial charge in [-0.25, -0.2) is 4.79 Å². The highest BCUT2D eigenvalue weighted by atomic mass is 35.5. The second-order valence-corrected chi connectivity index (χ2v) is 6.80. The second kappa shape index (κ2) is 9.45. The Morgan fingerprint density at radius 1 is 0.931 bits per heavy atom. The average Bonchev–Trinajstić information content (AvgIpc) is 2.74. The summed E-state index contributed by atoms with van der Waals surface area (Å²) in [4.78, 5) is 25.6. The molecule has 5 nitrogen and oxygen atoms in total. The number of anilines is 1. The number of amides is 1. The number of benzene rings is 3. The molecule has 0 radical (unpaired) electrons. The van der Waals surface area contributed by atoms with E-state index in [0.717, 1.165) is 0 Å². The first-order valence-corrected chi connectivity index (χ1v) is 9.40. The van der Waals surface area contributed by atoms with Crippen molar-refractivity contribution in [3.8, 4) is 5.75 Å². The third-order valence-corrected chi connectivity index (χ3v) is 4.89. The highest BCUT2D eigenvalue weighted by Crippen LogP contribution is 2.29. The van der Waals surface area contributed by atoms with Crippen LogP contribution in [0.3, 0.4) is 0 Å². The molecule has 1 amide bonds. The molecule has 1 N–H and O–H groups in total. The van der Waals surface area contributed by atoms with Gasteiger partial charge in [-0.15, -0.1) is 0 Å². The van der Waals surface area contributed by atoms with E-state index in [1.54, 1.807) is 66.7 Å². The molecule has 0 saturated heterocycles. The lowest BCUT2D eigenvalue weighted by molar-refractivity contribution is -0.125. The van der Waals surface area contributed by atoms with E-state index in [0.29, 0.717) is 17.0 Å². The average molecular weight is 430 g/mol. The van der Waals surface area contributed by atoms with Crippen molar-refractivity contribution in [2.75, 3.05) is 12.4 Å². The minimum absolute atomic E-state index is 0.0687. The smallest absolute Gasteiger partial charge is 0.340 e. The molecule has 148 valence electrons. The molecule has 0 aliphatic carbocycles. The van der Waals surface area contributed by atoms with Crippen LogP contribution >= 0.6 is 23.2 Å². The van der Waals surface area contributed by atoms with Crippen molar-refractivity contribution in [2.45, 2.75) is 6.10 Å². The van der Waals surface area contributed by atoms with Crippen molar-refractivity contribution < 1.29 is 19.1 Å². The van der Waals surface area contributed by atoms with E-state index in [2.05, 4.69) is 5.32 Å². The van der Waals surface area contributed by atoms with E-state index >= 15 is 0 Å². The molecule has 0 bridgehead atoms. The molecule has 0 heterocycles. The third-order valence-electron chi connectivity index (χ3n) is 4.07. The first-order chi connectivity index (χ1) is 14.0. The molecule has 0 aromatic heterocycles. The fourth-order valence-electron chi connectivity index (χ4n) is 2.64. The lowest BCUT2D eigenvalue weighted by Crippen LogP contribution is -2.26. The van der Waals surface area contributed by atoms with Crippen LogP contribution in [0.4, 0.5) is 5.69 Å². The summed E-state index contributed by atoms with van der Waals surface area (Å²) in [5, 5.41) is 3.03. The van der Waals surface area contributed by atoms with Gasteiger partial charge in [0.1, 0.15) is 5.75 Å². The number of hydrogen-bond acceptors (Lipinski definition) is 4. The van der Waals surface area contributed by atoms with Crippen molar-refractivity contribution in [3.63, 3.8) is 0 Å². The van der Waals surface area contributed by atoms with Crippen molar-refractivity contribution in [1.82, 2.24) is 0 Å². The van der Waals surface area contributed by atoms with Gasteiger partial charge in [0.2, 0.25) is 6.10 Å². The van der Waals surface area contributed by atoms with E-state index < -0.39 is 18.0 Å². The van der Waals surface area contributed by atoms with E-state index in [4.69, 9.17) is 32.7 Å². The molecular formula is C22H17Cl2NO4. The van der Waals surface area contributed by atoms with Gasteiger partial charge in [-0.2, -0.15) is 0 Å². The van der Waals surface area contributed by atoms with Gasteiger partial charge in [0.15, 0.2) is 0 Å². The Labute approximate surface area is 178 Å². The van der Waals surface area contributed by atoms with Crippen LogP contribution < -0.4 is 10.1 Å². The zero-order valence-electron chi connectivity index (χ0n) is 15.4. The summed E-state index contributed by atoms with van der Waals surface area (Å²) >= 11 is 12.1. The van der Waals surface area contributed by atoms with Crippen LogP contribution in [0.25, 0.3) is 0 Å².